The molecule has 0 unspecified atom stereocenters. The molecule has 1 aromatic heterocycles. The summed E-state index contributed by atoms with van der Waals surface area (Å²) in [5, 5.41) is 17.8. The first-order valence-electron chi connectivity index (χ1n) is 4.80. The summed E-state index contributed by atoms with van der Waals surface area (Å²) in [7, 11) is 0. The van der Waals surface area contributed by atoms with Gasteiger partial charge in [-0.2, -0.15) is 0 Å². The number of rotatable bonds is 4. The number of ether oxygens (including phenoxy) is 1. The van der Waals surface area contributed by atoms with Gasteiger partial charge in [0.15, 0.2) is 4.34 Å². The number of aliphatic hydroxyl groups excluding tert-OH is 1. The van der Waals surface area contributed by atoms with Crippen molar-refractivity contribution < 1.29 is 9.84 Å². The number of aliphatic hydroxyl groups is 1. The highest BCUT2D eigenvalue weighted by Gasteiger charge is 2.15. The van der Waals surface area contributed by atoms with Crippen LogP contribution in [0, 0.1) is 0 Å². The molecule has 1 fully saturated rings. The Hall–Kier alpha value is -0.370. The van der Waals surface area contributed by atoms with Crippen molar-refractivity contribution in [1.29, 1.82) is 0 Å². The predicted molar refractivity (Wildman–Crippen MR) is 60.8 cm³/mol. The molecular formula is C8H13N3O2S2. The Bertz CT molecular complexity index is 302. The second-order valence-electron chi connectivity index (χ2n) is 3.02. The first kappa shape index (κ1) is 11.1. The van der Waals surface area contributed by atoms with Crippen LogP contribution in [-0.4, -0.2) is 54.0 Å². The number of hydrogen-bond donors (Lipinski definition) is 1. The van der Waals surface area contributed by atoms with Gasteiger partial charge in [-0.05, 0) is 0 Å². The fourth-order valence-corrected chi connectivity index (χ4v) is 2.98. The van der Waals surface area contributed by atoms with Crippen molar-refractivity contribution in [2.45, 2.75) is 4.34 Å². The van der Waals surface area contributed by atoms with E-state index >= 15 is 0 Å². The number of anilines is 1. The van der Waals surface area contributed by atoms with Crippen LogP contribution in [-0.2, 0) is 4.74 Å². The maximum Gasteiger partial charge on any atom is 0.209 e. The van der Waals surface area contributed by atoms with Crippen LogP contribution >= 0.6 is 23.1 Å². The van der Waals surface area contributed by atoms with Gasteiger partial charge in [0.1, 0.15) is 0 Å². The summed E-state index contributed by atoms with van der Waals surface area (Å²) >= 11 is 3.12. The van der Waals surface area contributed by atoms with Crippen LogP contribution in [0.1, 0.15) is 0 Å². The van der Waals surface area contributed by atoms with Crippen molar-refractivity contribution in [1.82, 2.24) is 10.2 Å². The van der Waals surface area contributed by atoms with Crippen LogP contribution in [0.5, 0.6) is 0 Å². The third-order valence-electron chi connectivity index (χ3n) is 1.99. The lowest BCUT2D eigenvalue weighted by molar-refractivity contribution is 0.122. The van der Waals surface area contributed by atoms with Gasteiger partial charge < -0.3 is 14.7 Å². The average molecular weight is 247 g/mol. The Morgan fingerprint density at radius 1 is 1.40 bits per heavy atom. The SMILES string of the molecule is OCCSc1nnc(N2CCOCC2)s1. The average Bonchev–Trinajstić information content (AvgIpc) is 2.76. The molecular weight excluding hydrogens is 234 g/mol. The summed E-state index contributed by atoms with van der Waals surface area (Å²) in [6.07, 6.45) is 0. The van der Waals surface area contributed by atoms with E-state index in [0.29, 0.717) is 5.75 Å². The summed E-state index contributed by atoms with van der Waals surface area (Å²) in [5.41, 5.74) is 0. The third kappa shape index (κ3) is 3.04. The Labute approximate surface area is 96.5 Å². The van der Waals surface area contributed by atoms with E-state index in [-0.39, 0.29) is 6.61 Å². The van der Waals surface area contributed by atoms with Crippen LogP contribution in [0.15, 0.2) is 4.34 Å². The maximum absolute atomic E-state index is 8.69. The Balaban J connectivity index is 1.93. The summed E-state index contributed by atoms with van der Waals surface area (Å²) in [6, 6.07) is 0. The molecule has 0 bridgehead atoms. The van der Waals surface area contributed by atoms with Gasteiger partial charge >= 0.3 is 0 Å². The van der Waals surface area contributed by atoms with Gasteiger partial charge in [-0.3, -0.25) is 0 Å². The zero-order valence-electron chi connectivity index (χ0n) is 8.26. The highest BCUT2D eigenvalue weighted by molar-refractivity contribution is 8.01. The fraction of sp³-hybridized carbons (Fsp3) is 0.750. The summed E-state index contributed by atoms with van der Waals surface area (Å²) in [4.78, 5) is 2.18. The van der Waals surface area contributed by atoms with Crippen molar-refractivity contribution in [2.24, 2.45) is 0 Å². The molecule has 7 heteroatoms. The predicted octanol–water partition coefficient (Wildman–Crippen LogP) is 0.459. The number of aromatic nitrogens is 2. The van der Waals surface area contributed by atoms with Crippen molar-refractivity contribution in [3.05, 3.63) is 0 Å². The van der Waals surface area contributed by atoms with Crippen LogP contribution in [0.25, 0.3) is 0 Å². The maximum atomic E-state index is 8.69. The smallest absolute Gasteiger partial charge is 0.209 e. The topological polar surface area (TPSA) is 58.5 Å². The zero-order valence-corrected chi connectivity index (χ0v) is 9.89. The monoisotopic (exact) mass is 247 g/mol. The van der Waals surface area contributed by atoms with E-state index < -0.39 is 0 Å². The highest BCUT2D eigenvalue weighted by atomic mass is 32.2. The van der Waals surface area contributed by atoms with Gasteiger partial charge in [-0.15, -0.1) is 10.2 Å². The molecule has 84 valence electrons. The van der Waals surface area contributed by atoms with Gasteiger partial charge in [0.2, 0.25) is 5.13 Å². The zero-order chi connectivity index (χ0) is 10.5. The molecule has 5 nitrogen and oxygen atoms in total. The van der Waals surface area contributed by atoms with Crippen LogP contribution in [0.4, 0.5) is 5.13 Å². The number of hydrogen-bond acceptors (Lipinski definition) is 7. The molecule has 0 atom stereocenters. The molecule has 1 saturated heterocycles. The first-order chi connectivity index (χ1) is 7.40. The van der Waals surface area contributed by atoms with Crippen LogP contribution in [0.3, 0.4) is 0 Å². The van der Waals surface area contributed by atoms with Gasteiger partial charge in [-0.1, -0.05) is 23.1 Å². The lowest BCUT2D eigenvalue weighted by Gasteiger charge is -2.25. The quantitative estimate of drug-likeness (QED) is 0.780. The van der Waals surface area contributed by atoms with Crippen molar-refractivity contribution in [3.63, 3.8) is 0 Å². The van der Waals surface area contributed by atoms with Crippen molar-refractivity contribution in [3.8, 4) is 0 Å². The van der Waals surface area contributed by atoms with Gasteiger partial charge in [0, 0.05) is 18.8 Å². The number of morpholine rings is 1. The molecule has 0 spiro atoms. The van der Waals surface area contributed by atoms with Gasteiger partial charge in [0.05, 0.1) is 19.8 Å². The Kier molecular flexibility index (Phi) is 4.18. The molecule has 0 saturated carbocycles. The minimum Gasteiger partial charge on any atom is -0.396 e. The lowest BCUT2D eigenvalue weighted by atomic mass is 10.5. The van der Waals surface area contributed by atoms with E-state index in [9.17, 15) is 0 Å². The van der Waals surface area contributed by atoms with Crippen molar-refractivity contribution >= 4 is 28.2 Å². The summed E-state index contributed by atoms with van der Waals surface area (Å²) in [5.74, 6) is 0.678. The molecule has 15 heavy (non-hydrogen) atoms. The minimum atomic E-state index is 0.178. The molecule has 1 aliphatic heterocycles. The highest BCUT2D eigenvalue weighted by Crippen LogP contribution is 2.27. The van der Waals surface area contributed by atoms with E-state index in [1.165, 1.54) is 0 Å². The van der Waals surface area contributed by atoms with E-state index in [0.717, 1.165) is 35.8 Å². The summed E-state index contributed by atoms with van der Waals surface area (Å²) in [6.45, 7) is 3.48. The van der Waals surface area contributed by atoms with Crippen molar-refractivity contribution in [2.75, 3.05) is 43.6 Å². The molecule has 1 aromatic rings. The van der Waals surface area contributed by atoms with Crippen LogP contribution < -0.4 is 4.90 Å². The van der Waals surface area contributed by atoms with E-state index in [1.807, 2.05) is 0 Å². The van der Waals surface area contributed by atoms with Crippen LogP contribution in [0.2, 0.25) is 0 Å². The molecule has 1 aliphatic rings. The van der Waals surface area contributed by atoms with Gasteiger partial charge in [0.25, 0.3) is 0 Å². The van der Waals surface area contributed by atoms with E-state index in [1.54, 1.807) is 23.1 Å². The largest absolute Gasteiger partial charge is 0.396 e. The molecule has 1 N–H and O–H groups in total. The Morgan fingerprint density at radius 2 is 2.20 bits per heavy atom. The summed E-state index contributed by atoms with van der Waals surface area (Å²) < 4.78 is 6.19. The Morgan fingerprint density at radius 3 is 2.93 bits per heavy atom. The molecule has 0 aliphatic carbocycles. The third-order valence-corrected chi connectivity index (χ3v) is 4.09. The lowest BCUT2D eigenvalue weighted by Crippen LogP contribution is -2.36. The normalized spacial score (nSPS) is 17.0. The fourth-order valence-electron chi connectivity index (χ4n) is 1.28. The molecule has 0 radical (unpaired) electrons. The molecule has 0 aromatic carbocycles. The van der Waals surface area contributed by atoms with E-state index in [4.69, 9.17) is 9.84 Å². The molecule has 2 heterocycles. The standard InChI is InChI=1S/C8H13N3O2S2/c12-3-6-14-8-10-9-7(15-8)11-1-4-13-5-2-11/h12H,1-6H2. The number of thioether (sulfide) groups is 1. The first-order valence-corrected chi connectivity index (χ1v) is 6.60. The second-order valence-corrected chi connectivity index (χ2v) is 5.32. The van der Waals surface area contributed by atoms with Gasteiger partial charge in [-0.25, -0.2) is 0 Å². The second kappa shape index (κ2) is 5.64. The molecule has 0 amide bonds. The molecule has 2 rings (SSSR count). The minimum absolute atomic E-state index is 0.178. The number of nitrogens with zero attached hydrogens (tertiary/aromatic N) is 3. The van der Waals surface area contributed by atoms with E-state index in [2.05, 4.69) is 15.1 Å².